The third kappa shape index (κ3) is 8.66. The second-order valence-corrected chi connectivity index (χ2v) is 10.8. The minimum atomic E-state index is -1.02. The van der Waals surface area contributed by atoms with E-state index in [9.17, 15) is 19.5 Å². The second kappa shape index (κ2) is 15.8. The van der Waals surface area contributed by atoms with Crippen molar-refractivity contribution < 1.29 is 24.2 Å². The Bertz CT molecular complexity index is 1730. The minimum absolute atomic E-state index is 0.0880. The molecule has 0 fully saturated rings. The smallest absolute Gasteiger partial charge is 0.326 e. The van der Waals surface area contributed by atoms with Gasteiger partial charge in [-0.15, -0.1) is 0 Å². The zero-order valence-corrected chi connectivity index (χ0v) is 25.3. The number of nitrogens with one attached hydrogen (secondary N) is 1. The van der Waals surface area contributed by atoms with Crippen LogP contribution in [0.15, 0.2) is 134 Å². The average Bonchev–Trinajstić information content (AvgIpc) is 3.10. The third-order valence-corrected chi connectivity index (χ3v) is 7.45. The highest BCUT2D eigenvalue weighted by atomic mass is 16.5. The van der Waals surface area contributed by atoms with Crippen LogP contribution in [-0.4, -0.2) is 51.8 Å². The number of carbonyl (C=O) groups is 3. The number of nitrogens with zero attached hydrogens (tertiary/aromatic N) is 2. The molecule has 1 unspecified atom stereocenters. The van der Waals surface area contributed by atoms with Gasteiger partial charge in [0, 0.05) is 48.7 Å². The van der Waals surface area contributed by atoms with E-state index in [1.807, 2.05) is 60.7 Å². The molecule has 232 valence electrons. The van der Waals surface area contributed by atoms with Gasteiger partial charge in [0.1, 0.15) is 11.8 Å². The fraction of sp³-hybridized carbons (Fsp3) is 0.158. The number of hydrogen-bond donors (Lipinski definition) is 2. The van der Waals surface area contributed by atoms with Gasteiger partial charge in [0.05, 0.1) is 12.2 Å². The molecule has 0 saturated carbocycles. The summed E-state index contributed by atoms with van der Waals surface area (Å²) in [6.45, 7) is 1.38. The Kier molecular flexibility index (Phi) is 10.9. The molecule has 2 N–H and O–H groups in total. The highest BCUT2D eigenvalue weighted by molar-refractivity contribution is 6.12. The number of aromatic nitrogens is 1. The molecule has 8 heteroatoms. The zero-order chi connectivity index (χ0) is 32.1. The number of pyridine rings is 1. The monoisotopic (exact) mass is 613 g/mol. The van der Waals surface area contributed by atoms with E-state index in [0.29, 0.717) is 54.2 Å². The van der Waals surface area contributed by atoms with Crippen molar-refractivity contribution in [2.24, 2.45) is 0 Å². The van der Waals surface area contributed by atoms with Gasteiger partial charge in [-0.1, -0.05) is 84.9 Å². The Hall–Kier alpha value is -5.76. The van der Waals surface area contributed by atoms with Crippen molar-refractivity contribution in [2.45, 2.75) is 25.4 Å². The topological polar surface area (TPSA) is 109 Å². The summed E-state index contributed by atoms with van der Waals surface area (Å²) >= 11 is 0. The van der Waals surface area contributed by atoms with Gasteiger partial charge in [-0.3, -0.25) is 14.6 Å². The average molecular weight is 614 g/mol. The Balaban J connectivity index is 1.17. The number of aliphatic carboxylic acids is 1. The molecule has 5 aromatic rings. The Morgan fingerprint density at radius 3 is 2.13 bits per heavy atom. The number of carbonyl (C=O) groups excluding carboxylic acids is 2. The quantitative estimate of drug-likeness (QED) is 0.102. The molecule has 46 heavy (non-hydrogen) atoms. The fourth-order valence-electron chi connectivity index (χ4n) is 5.07. The number of hydrogen-bond acceptors (Lipinski definition) is 6. The molecule has 0 bridgehead atoms. The van der Waals surface area contributed by atoms with Crippen LogP contribution in [0.4, 0.5) is 5.69 Å². The predicted molar refractivity (Wildman–Crippen MR) is 177 cm³/mol. The number of rotatable bonds is 15. The summed E-state index contributed by atoms with van der Waals surface area (Å²) in [6.07, 6.45) is 4.04. The first-order chi connectivity index (χ1) is 22.5. The van der Waals surface area contributed by atoms with Crippen molar-refractivity contribution in [2.75, 3.05) is 18.5 Å². The van der Waals surface area contributed by atoms with E-state index in [0.717, 1.165) is 11.1 Å². The summed E-state index contributed by atoms with van der Waals surface area (Å²) in [6, 6.07) is 35.5. The van der Waals surface area contributed by atoms with E-state index in [-0.39, 0.29) is 18.1 Å². The van der Waals surface area contributed by atoms with Crippen LogP contribution in [-0.2, 0) is 17.8 Å². The third-order valence-electron chi connectivity index (χ3n) is 7.45. The molecule has 0 aliphatic rings. The minimum Gasteiger partial charge on any atom is -0.494 e. The lowest BCUT2D eigenvalue weighted by atomic mass is 10.00. The van der Waals surface area contributed by atoms with Crippen LogP contribution >= 0.6 is 0 Å². The molecule has 0 radical (unpaired) electrons. The van der Waals surface area contributed by atoms with E-state index in [2.05, 4.69) is 10.3 Å². The van der Waals surface area contributed by atoms with Crippen LogP contribution in [0.3, 0.4) is 0 Å². The largest absolute Gasteiger partial charge is 0.494 e. The van der Waals surface area contributed by atoms with Crippen molar-refractivity contribution in [1.29, 1.82) is 0 Å². The number of anilines is 1. The van der Waals surface area contributed by atoms with E-state index in [1.165, 1.54) is 0 Å². The molecule has 5 rings (SSSR count). The molecular formula is C38H35N3O5. The van der Waals surface area contributed by atoms with Crippen LogP contribution in [0.5, 0.6) is 5.75 Å². The van der Waals surface area contributed by atoms with Crippen LogP contribution in [0, 0.1) is 0 Å². The molecular weight excluding hydrogens is 578 g/mol. The fourth-order valence-corrected chi connectivity index (χ4v) is 5.07. The Labute approximate surface area is 268 Å². The van der Waals surface area contributed by atoms with Gasteiger partial charge in [0.15, 0.2) is 5.78 Å². The van der Waals surface area contributed by atoms with Gasteiger partial charge in [-0.05, 0) is 53.9 Å². The Morgan fingerprint density at radius 2 is 1.43 bits per heavy atom. The first-order valence-corrected chi connectivity index (χ1v) is 15.1. The highest BCUT2D eigenvalue weighted by Gasteiger charge is 2.21. The number of ketones is 1. The van der Waals surface area contributed by atoms with Crippen LogP contribution in [0.25, 0.3) is 0 Å². The molecule has 8 nitrogen and oxygen atoms in total. The maximum atomic E-state index is 13.2. The lowest BCUT2D eigenvalue weighted by molar-refractivity contribution is -0.137. The van der Waals surface area contributed by atoms with Gasteiger partial charge in [-0.25, -0.2) is 4.79 Å². The summed E-state index contributed by atoms with van der Waals surface area (Å²) in [5.41, 5.74) is 3.78. The predicted octanol–water partition coefficient (Wildman–Crippen LogP) is 6.53. The van der Waals surface area contributed by atoms with Crippen molar-refractivity contribution in [3.8, 4) is 5.75 Å². The zero-order valence-electron chi connectivity index (χ0n) is 25.3. The van der Waals surface area contributed by atoms with Gasteiger partial charge in [0.2, 0.25) is 0 Å². The van der Waals surface area contributed by atoms with Crippen molar-refractivity contribution in [3.63, 3.8) is 0 Å². The maximum absolute atomic E-state index is 13.2. The number of carboxylic acid groups (broad SMARTS) is 1. The summed E-state index contributed by atoms with van der Waals surface area (Å²) in [4.78, 5) is 44.4. The van der Waals surface area contributed by atoms with Crippen molar-refractivity contribution in [1.82, 2.24) is 9.88 Å². The highest BCUT2D eigenvalue weighted by Crippen LogP contribution is 2.22. The van der Waals surface area contributed by atoms with E-state index < -0.39 is 12.0 Å². The van der Waals surface area contributed by atoms with Gasteiger partial charge in [0.25, 0.3) is 5.91 Å². The maximum Gasteiger partial charge on any atom is 0.326 e. The molecule has 4 aromatic carbocycles. The molecule has 0 spiro atoms. The first kappa shape index (κ1) is 31.7. The van der Waals surface area contributed by atoms with Gasteiger partial charge >= 0.3 is 5.97 Å². The van der Waals surface area contributed by atoms with Gasteiger partial charge in [-0.2, -0.15) is 0 Å². The number of carboxylic acids is 1. The van der Waals surface area contributed by atoms with E-state index in [1.54, 1.807) is 78.0 Å². The lowest BCUT2D eigenvalue weighted by Gasteiger charge is -2.23. The van der Waals surface area contributed by atoms with E-state index >= 15 is 0 Å². The SMILES string of the molecule is O=C(c1ccccc1)c1ccccc1NC(Cc1ccc(OCCCN(Cc2ccccc2)C(=O)c2cccnc2)cc1)C(=O)O. The molecule has 0 aliphatic heterocycles. The first-order valence-electron chi connectivity index (χ1n) is 15.1. The lowest BCUT2D eigenvalue weighted by Crippen LogP contribution is -2.32. The van der Waals surface area contributed by atoms with Crippen molar-refractivity contribution >= 4 is 23.3 Å². The standard InChI is InChI=1S/C38H35N3O5/c42-36(30-13-5-2-6-14-30)33-16-7-8-17-34(33)40-35(38(44)45)25-28-18-20-32(21-19-28)46-24-10-23-41(27-29-11-3-1-4-12-29)37(43)31-15-9-22-39-26-31/h1-9,11-22,26,35,40H,10,23-25,27H2,(H,44,45). The summed E-state index contributed by atoms with van der Waals surface area (Å²) in [5, 5.41) is 13.1. The second-order valence-electron chi connectivity index (χ2n) is 10.8. The number of benzene rings is 4. The number of ether oxygens (including phenoxy) is 1. The van der Waals surface area contributed by atoms with Crippen LogP contribution in [0.2, 0.25) is 0 Å². The molecule has 1 aromatic heterocycles. The Morgan fingerprint density at radius 1 is 0.761 bits per heavy atom. The molecule has 1 heterocycles. The van der Waals surface area contributed by atoms with Crippen molar-refractivity contribution in [3.05, 3.63) is 162 Å². The normalized spacial score (nSPS) is 11.3. The number of para-hydroxylation sites is 1. The molecule has 0 saturated heterocycles. The van der Waals surface area contributed by atoms with Gasteiger partial charge < -0.3 is 20.1 Å². The van der Waals surface area contributed by atoms with Crippen LogP contribution in [0.1, 0.15) is 43.8 Å². The summed E-state index contributed by atoms with van der Waals surface area (Å²) in [5.74, 6) is -0.646. The van der Waals surface area contributed by atoms with Crippen LogP contribution < -0.4 is 10.1 Å². The molecule has 1 atom stereocenters. The summed E-state index contributed by atoms with van der Waals surface area (Å²) < 4.78 is 5.96. The number of amides is 1. The summed E-state index contributed by atoms with van der Waals surface area (Å²) in [7, 11) is 0. The molecule has 0 aliphatic carbocycles. The molecule has 1 amide bonds. The van der Waals surface area contributed by atoms with E-state index in [4.69, 9.17) is 4.74 Å².